The van der Waals surface area contributed by atoms with Crippen molar-refractivity contribution in [1.29, 1.82) is 0 Å². The van der Waals surface area contributed by atoms with E-state index in [4.69, 9.17) is 5.11 Å². The molecule has 0 aliphatic rings. The average molecular weight is 256 g/mol. The van der Waals surface area contributed by atoms with E-state index in [1.807, 2.05) is 20.8 Å². The Kier molecular flexibility index (Phi) is 4.89. The van der Waals surface area contributed by atoms with Crippen molar-refractivity contribution in [2.75, 3.05) is 5.75 Å². The smallest absolute Gasteiger partial charge is 0.306 e. The Bertz CT molecular complexity index is 400. The monoisotopic (exact) mass is 256 g/mol. The molecule has 94 valence electrons. The molecular weight excluding hydrogens is 240 g/mol. The third-order valence-corrected chi connectivity index (χ3v) is 3.42. The molecule has 0 saturated carbocycles. The fourth-order valence-electron chi connectivity index (χ4n) is 1.24. The summed E-state index contributed by atoms with van der Waals surface area (Å²) in [6.07, 6.45) is -1.13. The Balaban J connectivity index is 2.61. The van der Waals surface area contributed by atoms with Crippen LogP contribution in [0.25, 0.3) is 0 Å². The van der Waals surface area contributed by atoms with Crippen LogP contribution in [0.1, 0.15) is 23.4 Å². The molecule has 0 fully saturated rings. The maximum Gasteiger partial charge on any atom is 0.306 e. The highest BCUT2D eigenvalue weighted by molar-refractivity contribution is 7.99. The van der Waals surface area contributed by atoms with Crippen LogP contribution in [0.15, 0.2) is 5.16 Å². The molecule has 0 aliphatic heterocycles. The zero-order chi connectivity index (χ0) is 13.0. The third-order valence-electron chi connectivity index (χ3n) is 2.43. The first-order valence-electron chi connectivity index (χ1n) is 5.24. The molecule has 1 rings (SSSR count). The Morgan fingerprint density at radius 3 is 2.29 bits per heavy atom. The topological polar surface area (TPSA) is 83.3 Å². The fourth-order valence-corrected chi connectivity index (χ4v) is 2.10. The van der Waals surface area contributed by atoms with Gasteiger partial charge in [-0.25, -0.2) is 9.97 Å². The van der Waals surface area contributed by atoms with Crippen LogP contribution in [0.2, 0.25) is 0 Å². The quantitative estimate of drug-likeness (QED) is 0.611. The van der Waals surface area contributed by atoms with Crippen LogP contribution in [0, 0.1) is 20.8 Å². The number of carboxylic acids is 1. The standard InChI is InChI=1S/C11H16N2O3S/c1-6-7(2)12-11(13-8(6)3)17-5-9(14)4-10(15)16/h9,14H,4-5H2,1-3H3,(H,15,16). The first-order valence-corrected chi connectivity index (χ1v) is 6.23. The minimum absolute atomic E-state index is 0.253. The number of aliphatic carboxylic acids is 1. The van der Waals surface area contributed by atoms with Gasteiger partial charge in [0.1, 0.15) is 0 Å². The molecule has 1 atom stereocenters. The Morgan fingerprint density at radius 1 is 1.29 bits per heavy atom. The highest BCUT2D eigenvalue weighted by Crippen LogP contribution is 2.18. The van der Waals surface area contributed by atoms with E-state index in [1.54, 1.807) is 0 Å². The van der Waals surface area contributed by atoms with Gasteiger partial charge in [-0.1, -0.05) is 11.8 Å². The minimum atomic E-state index is -1.00. The number of aliphatic hydroxyl groups excluding tert-OH is 1. The summed E-state index contributed by atoms with van der Waals surface area (Å²) < 4.78 is 0. The predicted octanol–water partition coefficient (Wildman–Crippen LogP) is 1.33. The Hall–Kier alpha value is -1.14. The predicted molar refractivity (Wildman–Crippen MR) is 65.2 cm³/mol. The van der Waals surface area contributed by atoms with E-state index in [0.717, 1.165) is 17.0 Å². The van der Waals surface area contributed by atoms with Crippen molar-refractivity contribution in [3.05, 3.63) is 17.0 Å². The first kappa shape index (κ1) is 13.9. The van der Waals surface area contributed by atoms with Gasteiger partial charge in [0.25, 0.3) is 0 Å². The molecule has 0 spiro atoms. The number of hydrogen-bond donors (Lipinski definition) is 2. The third kappa shape index (κ3) is 4.32. The molecule has 0 amide bonds. The highest BCUT2D eigenvalue weighted by Gasteiger charge is 2.12. The van der Waals surface area contributed by atoms with Crippen LogP contribution in [0.4, 0.5) is 0 Å². The number of carboxylic acid groups (broad SMARTS) is 1. The van der Waals surface area contributed by atoms with E-state index < -0.39 is 12.1 Å². The largest absolute Gasteiger partial charge is 0.481 e. The lowest BCUT2D eigenvalue weighted by atomic mass is 10.2. The molecule has 1 unspecified atom stereocenters. The molecule has 5 nitrogen and oxygen atoms in total. The zero-order valence-corrected chi connectivity index (χ0v) is 10.9. The second kappa shape index (κ2) is 5.97. The van der Waals surface area contributed by atoms with E-state index >= 15 is 0 Å². The maximum atomic E-state index is 10.4. The maximum absolute atomic E-state index is 10.4. The number of thioether (sulfide) groups is 1. The van der Waals surface area contributed by atoms with Crippen molar-refractivity contribution in [1.82, 2.24) is 9.97 Å². The summed E-state index contributed by atoms with van der Waals surface area (Å²) in [6, 6.07) is 0. The molecule has 1 aromatic rings. The van der Waals surface area contributed by atoms with E-state index in [1.165, 1.54) is 11.8 Å². The number of aliphatic hydroxyl groups is 1. The molecule has 6 heteroatoms. The van der Waals surface area contributed by atoms with Gasteiger partial charge in [-0.05, 0) is 26.3 Å². The van der Waals surface area contributed by atoms with Crippen LogP contribution >= 0.6 is 11.8 Å². The normalized spacial score (nSPS) is 12.5. The first-order chi connectivity index (χ1) is 7.90. The number of hydrogen-bond acceptors (Lipinski definition) is 5. The lowest BCUT2D eigenvalue weighted by Gasteiger charge is -2.09. The highest BCUT2D eigenvalue weighted by atomic mass is 32.2. The van der Waals surface area contributed by atoms with E-state index in [2.05, 4.69) is 9.97 Å². The van der Waals surface area contributed by atoms with Crippen LogP contribution < -0.4 is 0 Å². The van der Waals surface area contributed by atoms with Gasteiger partial charge in [-0.15, -0.1) is 0 Å². The van der Waals surface area contributed by atoms with Crippen LogP contribution in [0.3, 0.4) is 0 Å². The van der Waals surface area contributed by atoms with Crippen molar-refractivity contribution in [2.45, 2.75) is 38.5 Å². The molecule has 2 N–H and O–H groups in total. The van der Waals surface area contributed by atoms with Gasteiger partial charge in [0, 0.05) is 17.1 Å². The summed E-state index contributed by atoms with van der Waals surface area (Å²) in [4.78, 5) is 18.9. The summed E-state index contributed by atoms with van der Waals surface area (Å²) in [5.74, 6) is -0.718. The Morgan fingerprint density at radius 2 is 1.82 bits per heavy atom. The van der Waals surface area contributed by atoms with Crippen molar-refractivity contribution in [3.8, 4) is 0 Å². The minimum Gasteiger partial charge on any atom is -0.481 e. The Labute approximate surface area is 104 Å². The number of rotatable bonds is 5. The molecule has 0 bridgehead atoms. The molecular formula is C11H16N2O3S. The summed E-state index contributed by atoms with van der Waals surface area (Å²) in [5, 5.41) is 18.5. The van der Waals surface area contributed by atoms with E-state index in [9.17, 15) is 9.90 Å². The van der Waals surface area contributed by atoms with Gasteiger partial charge >= 0.3 is 5.97 Å². The lowest BCUT2D eigenvalue weighted by Crippen LogP contribution is -2.15. The van der Waals surface area contributed by atoms with Crippen LogP contribution in [-0.4, -0.2) is 38.0 Å². The van der Waals surface area contributed by atoms with Crippen molar-refractivity contribution in [2.24, 2.45) is 0 Å². The number of carbonyl (C=O) groups is 1. The van der Waals surface area contributed by atoms with Gasteiger partial charge in [0.15, 0.2) is 5.16 Å². The molecule has 1 aromatic heterocycles. The SMILES string of the molecule is Cc1nc(SCC(O)CC(=O)O)nc(C)c1C. The molecule has 0 aromatic carbocycles. The van der Waals surface area contributed by atoms with E-state index in [0.29, 0.717) is 5.16 Å². The molecule has 0 aliphatic carbocycles. The van der Waals surface area contributed by atoms with Crippen LogP contribution in [0.5, 0.6) is 0 Å². The van der Waals surface area contributed by atoms with Crippen LogP contribution in [-0.2, 0) is 4.79 Å². The number of aryl methyl sites for hydroxylation is 2. The van der Waals surface area contributed by atoms with Gasteiger partial charge in [-0.2, -0.15) is 0 Å². The van der Waals surface area contributed by atoms with Gasteiger partial charge < -0.3 is 10.2 Å². The number of nitrogens with zero attached hydrogens (tertiary/aromatic N) is 2. The van der Waals surface area contributed by atoms with Crippen molar-refractivity contribution < 1.29 is 15.0 Å². The molecule has 17 heavy (non-hydrogen) atoms. The lowest BCUT2D eigenvalue weighted by molar-refractivity contribution is -0.138. The van der Waals surface area contributed by atoms with Gasteiger partial charge in [0.2, 0.25) is 0 Å². The summed E-state index contributed by atoms with van der Waals surface area (Å²) in [5.41, 5.74) is 2.88. The molecule has 1 heterocycles. The second-order valence-electron chi connectivity index (χ2n) is 3.86. The second-order valence-corrected chi connectivity index (χ2v) is 4.85. The number of aromatic nitrogens is 2. The molecule has 0 radical (unpaired) electrons. The van der Waals surface area contributed by atoms with E-state index in [-0.39, 0.29) is 12.2 Å². The fraction of sp³-hybridized carbons (Fsp3) is 0.545. The van der Waals surface area contributed by atoms with Gasteiger partial charge in [0.05, 0.1) is 12.5 Å². The molecule has 0 saturated heterocycles. The summed E-state index contributed by atoms with van der Waals surface area (Å²) in [6.45, 7) is 5.77. The average Bonchev–Trinajstić information content (AvgIpc) is 2.22. The van der Waals surface area contributed by atoms with Crippen molar-refractivity contribution >= 4 is 17.7 Å². The summed E-state index contributed by atoms with van der Waals surface area (Å²) >= 11 is 1.27. The van der Waals surface area contributed by atoms with Gasteiger partial charge in [-0.3, -0.25) is 4.79 Å². The zero-order valence-electron chi connectivity index (χ0n) is 10.1. The summed E-state index contributed by atoms with van der Waals surface area (Å²) in [7, 11) is 0. The van der Waals surface area contributed by atoms with Crippen molar-refractivity contribution in [3.63, 3.8) is 0 Å².